The zero-order valence-corrected chi connectivity index (χ0v) is 19.8. The van der Waals surface area contributed by atoms with Crippen LogP contribution in [0.1, 0.15) is 90.5 Å². The minimum atomic E-state index is -2.19. The van der Waals surface area contributed by atoms with Crippen molar-refractivity contribution in [1.29, 1.82) is 0 Å². The summed E-state index contributed by atoms with van der Waals surface area (Å²) in [5.74, 6) is 0. The predicted molar refractivity (Wildman–Crippen MR) is 110 cm³/mol. The zero-order chi connectivity index (χ0) is 17.0. The molecule has 0 radical (unpaired) electrons. The normalized spacial score (nSPS) is 12.0. The number of hydrogen-bond donors (Lipinski definition) is 0. The van der Waals surface area contributed by atoms with Crippen LogP contribution in [0, 0.1) is 0 Å². The van der Waals surface area contributed by atoms with Crippen molar-refractivity contribution in [1.82, 2.24) is 4.98 Å². The molecule has 0 saturated carbocycles. The monoisotopic (exact) mass is 445 g/mol. The molecule has 0 atom stereocenters. The van der Waals surface area contributed by atoms with Crippen LogP contribution in [-0.2, 0) is 6.42 Å². The molecule has 1 nitrogen and oxygen atoms in total. The molecule has 1 rings (SSSR count). The third-order valence-electron chi connectivity index (χ3n) is 5.10. The van der Waals surface area contributed by atoms with Gasteiger partial charge in [-0.15, -0.1) is 0 Å². The molecule has 3 heteroatoms. The van der Waals surface area contributed by atoms with E-state index in [0.29, 0.717) is 0 Å². The Morgan fingerprint density at radius 1 is 0.783 bits per heavy atom. The standard InChI is InChI=1S/C8H12NS.3C4H9.Sn/c1-2-3-4-5-8-9-6-7-10-8;3*1-3-4-2;/h6H,2-5H2,1H3;3*1,3-4H2,2H3;. The predicted octanol–water partition coefficient (Wildman–Crippen LogP) is 6.93. The summed E-state index contributed by atoms with van der Waals surface area (Å²) in [6, 6.07) is 0. The van der Waals surface area contributed by atoms with Gasteiger partial charge in [0.25, 0.3) is 0 Å². The van der Waals surface area contributed by atoms with Crippen LogP contribution in [0.5, 0.6) is 0 Å². The second-order valence-corrected chi connectivity index (χ2v) is 22.4. The Morgan fingerprint density at radius 3 is 1.78 bits per heavy atom. The first kappa shape index (κ1) is 21.5. The van der Waals surface area contributed by atoms with Crippen molar-refractivity contribution < 1.29 is 0 Å². The summed E-state index contributed by atoms with van der Waals surface area (Å²) in [6.07, 6.45) is 16.0. The summed E-state index contributed by atoms with van der Waals surface area (Å²) in [5, 5.41) is 1.43. The van der Waals surface area contributed by atoms with E-state index in [1.54, 1.807) is 16.2 Å². The van der Waals surface area contributed by atoms with Crippen LogP contribution in [0.3, 0.4) is 0 Å². The molecular formula is C20H39NSSn. The summed E-state index contributed by atoms with van der Waals surface area (Å²) in [7, 11) is 0. The Balaban J connectivity index is 2.89. The van der Waals surface area contributed by atoms with E-state index in [1.165, 1.54) is 69.2 Å². The first-order chi connectivity index (χ1) is 11.2. The third-order valence-corrected chi connectivity index (χ3v) is 24.3. The van der Waals surface area contributed by atoms with Crippen molar-refractivity contribution in [3.8, 4) is 0 Å². The van der Waals surface area contributed by atoms with E-state index in [0.717, 1.165) is 0 Å². The van der Waals surface area contributed by atoms with Crippen molar-refractivity contribution in [3.63, 3.8) is 0 Å². The van der Waals surface area contributed by atoms with Gasteiger partial charge in [-0.25, -0.2) is 0 Å². The summed E-state index contributed by atoms with van der Waals surface area (Å²) in [6.45, 7) is 9.37. The van der Waals surface area contributed by atoms with Crippen LogP contribution in [0.15, 0.2) is 6.20 Å². The van der Waals surface area contributed by atoms with Crippen LogP contribution in [0.25, 0.3) is 0 Å². The molecule has 0 amide bonds. The van der Waals surface area contributed by atoms with E-state index in [4.69, 9.17) is 4.98 Å². The van der Waals surface area contributed by atoms with Gasteiger partial charge >= 0.3 is 154 Å². The van der Waals surface area contributed by atoms with Crippen LogP contribution < -0.4 is 2.89 Å². The Bertz CT molecular complexity index is 380. The molecule has 0 aliphatic heterocycles. The van der Waals surface area contributed by atoms with Gasteiger partial charge in [-0.2, -0.15) is 0 Å². The average molecular weight is 444 g/mol. The zero-order valence-electron chi connectivity index (χ0n) is 16.1. The molecule has 0 aliphatic carbocycles. The number of thiazole rings is 1. The van der Waals surface area contributed by atoms with Crippen molar-refractivity contribution in [2.75, 3.05) is 0 Å². The van der Waals surface area contributed by atoms with Gasteiger partial charge in [0.2, 0.25) is 0 Å². The van der Waals surface area contributed by atoms with Gasteiger partial charge in [-0.05, 0) is 0 Å². The van der Waals surface area contributed by atoms with Crippen molar-refractivity contribution in [2.45, 2.75) is 105 Å². The van der Waals surface area contributed by atoms with Gasteiger partial charge in [-0.3, -0.25) is 0 Å². The molecule has 0 spiro atoms. The summed E-state index contributed by atoms with van der Waals surface area (Å²) in [4.78, 5) is 4.85. The Labute approximate surface area is 153 Å². The number of nitrogens with zero attached hydrogens (tertiary/aromatic N) is 1. The molecule has 0 N–H and O–H groups in total. The minimum absolute atomic E-state index is 1.22. The van der Waals surface area contributed by atoms with Crippen molar-refractivity contribution in [2.24, 2.45) is 0 Å². The molecule has 1 aromatic heterocycles. The van der Waals surface area contributed by atoms with E-state index >= 15 is 0 Å². The van der Waals surface area contributed by atoms with Gasteiger partial charge in [0.05, 0.1) is 0 Å². The molecule has 0 aliphatic rings. The maximum absolute atomic E-state index is 4.85. The third kappa shape index (κ3) is 7.46. The summed E-state index contributed by atoms with van der Waals surface area (Å²) < 4.78 is 6.52. The quantitative estimate of drug-likeness (QED) is 0.224. The molecule has 23 heavy (non-hydrogen) atoms. The number of unbranched alkanes of at least 4 members (excludes halogenated alkanes) is 5. The van der Waals surface area contributed by atoms with E-state index in [9.17, 15) is 0 Å². The van der Waals surface area contributed by atoms with Crippen LogP contribution >= 0.6 is 11.3 Å². The van der Waals surface area contributed by atoms with E-state index in [-0.39, 0.29) is 0 Å². The number of hydrogen-bond acceptors (Lipinski definition) is 2. The average Bonchev–Trinajstić information content (AvgIpc) is 3.04. The van der Waals surface area contributed by atoms with E-state index in [2.05, 4.69) is 45.2 Å². The second-order valence-electron chi connectivity index (χ2n) is 7.17. The van der Waals surface area contributed by atoms with Gasteiger partial charge in [-0.1, -0.05) is 0 Å². The van der Waals surface area contributed by atoms with Crippen LogP contribution in [0.2, 0.25) is 13.3 Å². The fourth-order valence-corrected chi connectivity index (χ4v) is 23.4. The first-order valence-electron chi connectivity index (χ1n) is 10.2. The Kier molecular flexibility index (Phi) is 11.9. The fourth-order valence-electron chi connectivity index (χ4n) is 3.49. The van der Waals surface area contributed by atoms with Gasteiger partial charge in [0.1, 0.15) is 0 Å². The number of rotatable bonds is 14. The molecule has 0 aromatic carbocycles. The Morgan fingerprint density at radius 2 is 1.30 bits per heavy atom. The SMILES string of the molecule is CCCCCc1nc[c]([Sn]([CH2]CCC)([CH2]CCC)[CH2]CCC)s1. The van der Waals surface area contributed by atoms with E-state index < -0.39 is 18.4 Å². The van der Waals surface area contributed by atoms with Crippen LogP contribution in [0.4, 0.5) is 0 Å². The molecule has 1 aromatic rings. The number of aryl methyl sites for hydroxylation is 1. The second kappa shape index (κ2) is 12.7. The summed E-state index contributed by atoms with van der Waals surface area (Å²) >= 11 is -0.0644. The summed E-state index contributed by atoms with van der Waals surface area (Å²) in [5.41, 5.74) is 0. The molecule has 0 saturated heterocycles. The molecule has 134 valence electrons. The van der Waals surface area contributed by atoms with Crippen molar-refractivity contribution >= 4 is 32.6 Å². The van der Waals surface area contributed by atoms with Gasteiger partial charge < -0.3 is 0 Å². The molecule has 0 bridgehead atoms. The van der Waals surface area contributed by atoms with Gasteiger partial charge in [0, 0.05) is 0 Å². The fraction of sp³-hybridized carbons (Fsp3) is 0.850. The molecule has 0 fully saturated rings. The van der Waals surface area contributed by atoms with E-state index in [1.807, 2.05) is 0 Å². The maximum atomic E-state index is 4.85. The van der Waals surface area contributed by atoms with Gasteiger partial charge in [0.15, 0.2) is 0 Å². The molecule has 0 unspecified atom stereocenters. The van der Waals surface area contributed by atoms with Crippen molar-refractivity contribution in [3.05, 3.63) is 11.2 Å². The molecule has 1 heterocycles. The topological polar surface area (TPSA) is 12.9 Å². The first-order valence-corrected chi connectivity index (χ1v) is 18.5. The number of aromatic nitrogens is 1. The Hall–Kier alpha value is 0.429. The van der Waals surface area contributed by atoms with Crippen LogP contribution in [-0.4, -0.2) is 23.4 Å². The molecular weight excluding hydrogens is 405 g/mol.